The number of hydrogen-bond acceptors (Lipinski definition) is 3. The molecule has 3 nitrogen and oxygen atoms in total. The molecule has 3 saturated carbocycles. The van der Waals surface area contributed by atoms with Crippen molar-refractivity contribution in [2.75, 3.05) is 0 Å². The molecule has 0 radical (unpaired) electrons. The fourth-order valence-corrected chi connectivity index (χ4v) is 6.43. The molecule has 0 saturated heterocycles. The summed E-state index contributed by atoms with van der Waals surface area (Å²) in [5.41, 5.74) is 2.03. The third-order valence-corrected chi connectivity index (χ3v) is 7.87. The lowest BCUT2D eigenvalue weighted by Crippen LogP contribution is -2.50. The van der Waals surface area contributed by atoms with E-state index in [4.69, 9.17) is 0 Å². The molecular formula is C20H28O3. The normalized spacial score (nSPS) is 51.0. The summed E-state index contributed by atoms with van der Waals surface area (Å²) in [7, 11) is 0. The molecule has 0 amide bonds. The van der Waals surface area contributed by atoms with Crippen LogP contribution in [0, 0.1) is 28.6 Å². The Morgan fingerprint density at radius 3 is 2.61 bits per heavy atom. The van der Waals surface area contributed by atoms with Crippen LogP contribution < -0.4 is 0 Å². The number of hydrogen-bond donors (Lipinski definition) is 2. The maximum Gasteiger partial charge on any atom is 0.168 e. The van der Waals surface area contributed by atoms with Crippen LogP contribution in [0.1, 0.15) is 58.8 Å². The van der Waals surface area contributed by atoms with E-state index in [0.717, 1.165) is 51.2 Å². The van der Waals surface area contributed by atoms with E-state index in [-0.39, 0.29) is 22.7 Å². The van der Waals surface area contributed by atoms with E-state index in [0.29, 0.717) is 23.3 Å². The van der Waals surface area contributed by atoms with Crippen LogP contribution in [0.3, 0.4) is 0 Å². The topological polar surface area (TPSA) is 57.5 Å². The summed E-state index contributed by atoms with van der Waals surface area (Å²) in [5, 5.41) is 19.5. The van der Waals surface area contributed by atoms with Gasteiger partial charge < -0.3 is 10.2 Å². The summed E-state index contributed by atoms with van der Waals surface area (Å²) in [6.45, 7) is 4.52. The van der Waals surface area contributed by atoms with E-state index in [1.54, 1.807) is 0 Å². The maximum atomic E-state index is 12.7. The molecule has 0 aromatic rings. The fraction of sp³-hybridized carbons (Fsp3) is 0.750. The van der Waals surface area contributed by atoms with Crippen LogP contribution in [0.4, 0.5) is 0 Å². The van der Waals surface area contributed by atoms with Crippen molar-refractivity contribution in [2.24, 2.45) is 28.6 Å². The third kappa shape index (κ3) is 1.95. The van der Waals surface area contributed by atoms with Crippen LogP contribution in [-0.4, -0.2) is 22.1 Å². The monoisotopic (exact) mass is 316 g/mol. The molecule has 4 aliphatic rings. The molecule has 6 atom stereocenters. The van der Waals surface area contributed by atoms with Crippen LogP contribution in [0.2, 0.25) is 0 Å². The number of carbonyl (C=O) groups excluding carboxylic acids is 1. The van der Waals surface area contributed by atoms with Gasteiger partial charge in [0.1, 0.15) is 0 Å². The molecule has 3 heteroatoms. The van der Waals surface area contributed by atoms with Crippen molar-refractivity contribution >= 4 is 5.78 Å². The molecule has 4 rings (SSSR count). The Kier molecular flexibility index (Phi) is 3.32. The van der Waals surface area contributed by atoms with E-state index in [9.17, 15) is 15.0 Å². The van der Waals surface area contributed by atoms with Gasteiger partial charge in [0, 0.05) is 11.0 Å². The highest BCUT2D eigenvalue weighted by Crippen LogP contribution is 2.64. The van der Waals surface area contributed by atoms with Crippen molar-refractivity contribution in [2.45, 2.75) is 64.9 Å². The molecule has 0 aromatic heterocycles. The molecular weight excluding hydrogens is 288 g/mol. The SMILES string of the molecule is C[C@]12CC[C@@H](O)CC1=CC[C@@H]1[C@@H]2CC[C@]2(C)C(=O)/C(=C/O)C[C@@H]12. The molecule has 126 valence electrons. The Balaban J connectivity index is 1.71. The smallest absolute Gasteiger partial charge is 0.168 e. The quantitative estimate of drug-likeness (QED) is 0.404. The molecule has 0 spiro atoms. The summed E-state index contributed by atoms with van der Waals surface area (Å²) < 4.78 is 0. The van der Waals surface area contributed by atoms with Crippen LogP contribution in [0.5, 0.6) is 0 Å². The van der Waals surface area contributed by atoms with Gasteiger partial charge in [0.05, 0.1) is 12.4 Å². The first-order valence-electron chi connectivity index (χ1n) is 9.16. The van der Waals surface area contributed by atoms with Gasteiger partial charge in [-0.3, -0.25) is 4.79 Å². The van der Waals surface area contributed by atoms with Gasteiger partial charge in [-0.25, -0.2) is 0 Å². The standard InChI is InChI=1S/C20H28O3/c1-19-7-5-14(22)10-13(19)3-4-15-16(19)6-8-20(2)17(15)9-12(11-21)18(20)23/h3,11,14-17,21-22H,4-10H2,1-2H3/b12-11+/t14-,15-,16+,17+,19+,20+/m1/s1. The minimum atomic E-state index is -0.272. The first-order chi connectivity index (χ1) is 10.9. The average molecular weight is 316 g/mol. The van der Waals surface area contributed by atoms with Gasteiger partial charge in [-0.05, 0) is 68.1 Å². The second-order valence-corrected chi connectivity index (χ2v) is 8.80. The highest BCUT2D eigenvalue weighted by molar-refractivity contribution is 6.02. The number of ketones is 1. The molecule has 0 aliphatic heterocycles. The number of aliphatic hydroxyl groups excluding tert-OH is 2. The Morgan fingerprint density at radius 1 is 1.13 bits per heavy atom. The zero-order chi connectivity index (χ0) is 16.4. The Hall–Kier alpha value is -1.09. The number of Topliss-reactive ketones (excluding diaryl/α,β-unsaturated/α-hetero) is 1. The first-order valence-corrected chi connectivity index (χ1v) is 9.16. The van der Waals surface area contributed by atoms with Crippen molar-refractivity contribution in [1.82, 2.24) is 0 Å². The zero-order valence-corrected chi connectivity index (χ0v) is 14.2. The highest BCUT2D eigenvalue weighted by atomic mass is 16.3. The predicted molar refractivity (Wildman–Crippen MR) is 88.8 cm³/mol. The van der Waals surface area contributed by atoms with Gasteiger partial charge in [-0.1, -0.05) is 25.5 Å². The second kappa shape index (κ2) is 4.95. The average Bonchev–Trinajstić information content (AvgIpc) is 2.79. The van der Waals surface area contributed by atoms with Crippen molar-refractivity contribution in [3.05, 3.63) is 23.5 Å². The lowest BCUT2D eigenvalue weighted by molar-refractivity contribution is -0.130. The molecule has 2 N–H and O–H groups in total. The third-order valence-electron chi connectivity index (χ3n) is 7.87. The van der Waals surface area contributed by atoms with Crippen LogP contribution in [-0.2, 0) is 4.79 Å². The molecule has 3 fully saturated rings. The molecule has 0 unspecified atom stereocenters. The summed E-state index contributed by atoms with van der Waals surface area (Å²) in [6.07, 6.45) is 9.90. The van der Waals surface area contributed by atoms with Gasteiger partial charge in [0.2, 0.25) is 0 Å². The molecule has 23 heavy (non-hydrogen) atoms. The van der Waals surface area contributed by atoms with Gasteiger partial charge in [0.15, 0.2) is 5.78 Å². The molecule has 4 aliphatic carbocycles. The Morgan fingerprint density at radius 2 is 1.87 bits per heavy atom. The van der Waals surface area contributed by atoms with Crippen LogP contribution >= 0.6 is 0 Å². The molecule has 0 bridgehead atoms. The zero-order valence-electron chi connectivity index (χ0n) is 14.2. The summed E-state index contributed by atoms with van der Waals surface area (Å²) in [5.74, 6) is 1.72. The van der Waals surface area contributed by atoms with Gasteiger partial charge >= 0.3 is 0 Å². The number of allylic oxidation sites excluding steroid dienone is 2. The van der Waals surface area contributed by atoms with Crippen molar-refractivity contribution in [3.63, 3.8) is 0 Å². The minimum Gasteiger partial charge on any atom is -0.515 e. The summed E-state index contributed by atoms with van der Waals surface area (Å²) >= 11 is 0. The van der Waals surface area contributed by atoms with E-state index >= 15 is 0 Å². The lowest BCUT2D eigenvalue weighted by atomic mass is 9.48. The van der Waals surface area contributed by atoms with E-state index in [1.807, 2.05) is 0 Å². The number of aliphatic hydroxyl groups is 2. The highest BCUT2D eigenvalue weighted by Gasteiger charge is 2.59. The largest absolute Gasteiger partial charge is 0.515 e. The summed E-state index contributed by atoms with van der Waals surface area (Å²) in [4.78, 5) is 12.7. The Bertz CT molecular complexity index is 604. The van der Waals surface area contributed by atoms with E-state index in [1.165, 1.54) is 5.57 Å². The number of carbonyl (C=O) groups is 1. The fourth-order valence-electron chi connectivity index (χ4n) is 6.43. The summed E-state index contributed by atoms with van der Waals surface area (Å²) in [6, 6.07) is 0. The second-order valence-electron chi connectivity index (χ2n) is 8.80. The van der Waals surface area contributed by atoms with Gasteiger partial charge in [-0.15, -0.1) is 0 Å². The first kappa shape index (κ1) is 15.4. The molecule has 0 heterocycles. The van der Waals surface area contributed by atoms with Crippen molar-refractivity contribution < 1.29 is 15.0 Å². The van der Waals surface area contributed by atoms with E-state index in [2.05, 4.69) is 19.9 Å². The lowest BCUT2D eigenvalue weighted by Gasteiger charge is -2.56. The van der Waals surface area contributed by atoms with E-state index < -0.39 is 0 Å². The van der Waals surface area contributed by atoms with Crippen LogP contribution in [0.25, 0.3) is 0 Å². The van der Waals surface area contributed by atoms with Crippen LogP contribution in [0.15, 0.2) is 23.5 Å². The van der Waals surface area contributed by atoms with Crippen molar-refractivity contribution in [1.29, 1.82) is 0 Å². The Labute approximate surface area is 138 Å². The molecule has 0 aromatic carbocycles. The van der Waals surface area contributed by atoms with Crippen molar-refractivity contribution in [3.8, 4) is 0 Å². The van der Waals surface area contributed by atoms with Gasteiger partial charge in [0.25, 0.3) is 0 Å². The minimum absolute atomic E-state index is 0.170. The van der Waals surface area contributed by atoms with Gasteiger partial charge in [-0.2, -0.15) is 0 Å². The number of rotatable bonds is 0. The maximum absolute atomic E-state index is 12.7. The number of fused-ring (bicyclic) bond motifs is 5. The predicted octanol–water partition coefficient (Wildman–Crippen LogP) is 3.93.